The molecule has 1 fully saturated rings. The summed E-state index contributed by atoms with van der Waals surface area (Å²) >= 11 is 0. The van der Waals surface area contributed by atoms with Crippen molar-refractivity contribution in [3.63, 3.8) is 0 Å². The predicted octanol–water partition coefficient (Wildman–Crippen LogP) is 0.672. The van der Waals surface area contributed by atoms with Crippen molar-refractivity contribution in [1.29, 1.82) is 0 Å². The van der Waals surface area contributed by atoms with E-state index in [0.717, 1.165) is 30.9 Å². The predicted molar refractivity (Wildman–Crippen MR) is 67.0 cm³/mol. The first-order valence-corrected chi connectivity index (χ1v) is 6.07. The summed E-state index contributed by atoms with van der Waals surface area (Å²) in [5.41, 5.74) is 1.03. The van der Waals surface area contributed by atoms with Crippen LogP contribution < -0.4 is 4.90 Å². The van der Waals surface area contributed by atoms with Gasteiger partial charge in [0.05, 0.1) is 18.3 Å². The van der Waals surface area contributed by atoms with Gasteiger partial charge in [-0.15, -0.1) is 0 Å². The van der Waals surface area contributed by atoms with E-state index in [-0.39, 0.29) is 6.61 Å². The van der Waals surface area contributed by atoms with Gasteiger partial charge in [-0.05, 0) is 19.4 Å². The molecule has 94 valence electrons. The summed E-state index contributed by atoms with van der Waals surface area (Å²) in [5.74, 6) is 0.933. The third-order valence-corrected chi connectivity index (χ3v) is 3.20. The van der Waals surface area contributed by atoms with Crippen LogP contribution in [0.15, 0.2) is 12.4 Å². The molecule has 2 rings (SSSR count). The highest BCUT2D eigenvalue weighted by molar-refractivity contribution is 5.43. The summed E-state index contributed by atoms with van der Waals surface area (Å²) < 4.78 is 0. The minimum absolute atomic E-state index is 0.202. The molecule has 0 aliphatic carbocycles. The smallest absolute Gasteiger partial charge is 0.151 e. The van der Waals surface area contributed by atoms with Crippen LogP contribution in [0.4, 0.5) is 5.82 Å². The molecule has 1 aromatic rings. The van der Waals surface area contributed by atoms with Crippen molar-refractivity contribution in [3.8, 4) is 0 Å². The number of hydrogen-bond donors (Lipinski definition) is 1. The summed E-state index contributed by atoms with van der Waals surface area (Å²) in [7, 11) is 3.97. The summed E-state index contributed by atoms with van der Waals surface area (Å²) in [6.45, 7) is 1.96. The van der Waals surface area contributed by atoms with Gasteiger partial charge in [-0.3, -0.25) is 9.88 Å². The Hall–Kier alpha value is -1.20. The largest absolute Gasteiger partial charge is 0.395 e. The molecule has 17 heavy (non-hydrogen) atoms. The van der Waals surface area contributed by atoms with Gasteiger partial charge in [-0.2, -0.15) is 0 Å². The zero-order chi connectivity index (χ0) is 12.3. The number of likely N-dealkylation sites (tertiary alicyclic amines) is 1. The zero-order valence-corrected chi connectivity index (χ0v) is 10.5. The van der Waals surface area contributed by atoms with E-state index in [1.165, 1.54) is 0 Å². The Morgan fingerprint density at radius 1 is 1.41 bits per heavy atom. The summed E-state index contributed by atoms with van der Waals surface area (Å²) in [4.78, 5) is 13.2. The lowest BCUT2D eigenvalue weighted by molar-refractivity contribution is 0.183. The van der Waals surface area contributed by atoms with Crippen LogP contribution in [0.3, 0.4) is 0 Å². The fraction of sp³-hybridized carbons (Fsp3) is 0.667. The van der Waals surface area contributed by atoms with E-state index in [4.69, 9.17) is 5.11 Å². The second kappa shape index (κ2) is 5.42. The molecular weight excluding hydrogens is 216 g/mol. The molecule has 1 saturated heterocycles. The Labute approximate surface area is 102 Å². The quantitative estimate of drug-likeness (QED) is 0.833. The normalized spacial score (nSPS) is 20.8. The first-order valence-electron chi connectivity index (χ1n) is 6.07. The number of aromatic nitrogens is 2. The minimum Gasteiger partial charge on any atom is -0.395 e. The summed E-state index contributed by atoms with van der Waals surface area (Å²) in [5, 5.41) is 9.08. The minimum atomic E-state index is 0.202. The van der Waals surface area contributed by atoms with Crippen molar-refractivity contribution >= 4 is 5.82 Å². The molecule has 0 unspecified atom stereocenters. The van der Waals surface area contributed by atoms with Gasteiger partial charge in [0.2, 0.25) is 0 Å². The molecule has 2 heterocycles. The van der Waals surface area contributed by atoms with Crippen molar-refractivity contribution in [1.82, 2.24) is 14.9 Å². The highest BCUT2D eigenvalue weighted by Crippen LogP contribution is 2.33. The first kappa shape index (κ1) is 12.3. The SMILES string of the molecule is CN(C)c1nccnc1[C@@H]1CCCN1CCO. The summed E-state index contributed by atoms with van der Waals surface area (Å²) in [6, 6.07) is 0.299. The molecule has 0 amide bonds. The first-order chi connectivity index (χ1) is 8.24. The van der Waals surface area contributed by atoms with Crippen molar-refractivity contribution in [2.45, 2.75) is 18.9 Å². The molecule has 1 atom stereocenters. The van der Waals surface area contributed by atoms with Crippen LogP contribution in [0.2, 0.25) is 0 Å². The maximum Gasteiger partial charge on any atom is 0.151 e. The van der Waals surface area contributed by atoms with Crippen LogP contribution >= 0.6 is 0 Å². The lowest BCUT2D eigenvalue weighted by Gasteiger charge is -2.25. The number of hydrogen-bond acceptors (Lipinski definition) is 5. The van der Waals surface area contributed by atoms with Crippen molar-refractivity contribution < 1.29 is 5.11 Å². The Balaban J connectivity index is 2.26. The van der Waals surface area contributed by atoms with Gasteiger partial charge < -0.3 is 10.0 Å². The van der Waals surface area contributed by atoms with Crippen LogP contribution in [0.5, 0.6) is 0 Å². The van der Waals surface area contributed by atoms with Crippen LogP contribution in [0.1, 0.15) is 24.6 Å². The maximum atomic E-state index is 9.08. The van der Waals surface area contributed by atoms with Crippen molar-refractivity contribution in [3.05, 3.63) is 18.1 Å². The van der Waals surface area contributed by atoms with E-state index in [0.29, 0.717) is 12.6 Å². The van der Waals surface area contributed by atoms with E-state index < -0.39 is 0 Å². The fourth-order valence-electron chi connectivity index (χ4n) is 2.45. The van der Waals surface area contributed by atoms with Gasteiger partial charge >= 0.3 is 0 Å². The third kappa shape index (κ3) is 2.56. The zero-order valence-electron chi connectivity index (χ0n) is 10.5. The fourth-order valence-corrected chi connectivity index (χ4v) is 2.45. The molecule has 1 aliphatic rings. The Kier molecular flexibility index (Phi) is 3.91. The molecule has 0 saturated carbocycles. The number of aliphatic hydroxyl groups is 1. The van der Waals surface area contributed by atoms with E-state index in [2.05, 4.69) is 14.9 Å². The van der Waals surface area contributed by atoms with Gasteiger partial charge in [0.1, 0.15) is 0 Å². The van der Waals surface area contributed by atoms with Crippen molar-refractivity contribution in [2.24, 2.45) is 0 Å². The number of aliphatic hydroxyl groups excluding tert-OH is 1. The van der Waals surface area contributed by atoms with Crippen molar-refractivity contribution in [2.75, 3.05) is 38.7 Å². The Morgan fingerprint density at radius 2 is 2.18 bits per heavy atom. The van der Waals surface area contributed by atoms with E-state index >= 15 is 0 Å². The lowest BCUT2D eigenvalue weighted by Crippen LogP contribution is -2.28. The van der Waals surface area contributed by atoms with Gasteiger partial charge in [0.25, 0.3) is 0 Å². The molecule has 0 radical (unpaired) electrons. The van der Waals surface area contributed by atoms with Gasteiger partial charge in [-0.25, -0.2) is 4.98 Å². The van der Waals surface area contributed by atoms with E-state index in [1.54, 1.807) is 12.4 Å². The van der Waals surface area contributed by atoms with Crippen LogP contribution in [-0.4, -0.2) is 53.8 Å². The molecule has 5 nitrogen and oxygen atoms in total. The molecule has 0 aromatic carbocycles. The maximum absolute atomic E-state index is 9.08. The average molecular weight is 236 g/mol. The lowest BCUT2D eigenvalue weighted by atomic mass is 10.1. The second-order valence-corrected chi connectivity index (χ2v) is 4.58. The third-order valence-electron chi connectivity index (χ3n) is 3.20. The molecule has 5 heteroatoms. The Bertz CT molecular complexity index is 369. The van der Waals surface area contributed by atoms with E-state index in [1.807, 2.05) is 19.0 Å². The molecule has 0 spiro atoms. The molecule has 0 bridgehead atoms. The standard InChI is InChI=1S/C12H20N4O/c1-15(2)12-11(13-5-6-14-12)10-4-3-7-16(10)8-9-17/h5-6,10,17H,3-4,7-9H2,1-2H3/t10-/m0/s1. The van der Waals surface area contributed by atoms with Gasteiger partial charge in [-0.1, -0.05) is 0 Å². The molecule has 1 N–H and O–H groups in total. The molecule has 1 aliphatic heterocycles. The number of nitrogens with zero attached hydrogens (tertiary/aromatic N) is 4. The molecular formula is C12H20N4O. The number of β-amino-alcohol motifs (C(OH)–C–C–N with tert-alkyl or cyclic N) is 1. The van der Waals surface area contributed by atoms with Crippen LogP contribution in [0, 0.1) is 0 Å². The van der Waals surface area contributed by atoms with Gasteiger partial charge in [0, 0.05) is 33.0 Å². The average Bonchev–Trinajstić information content (AvgIpc) is 2.77. The second-order valence-electron chi connectivity index (χ2n) is 4.58. The highest BCUT2D eigenvalue weighted by atomic mass is 16.3. The summed E-state index contributed by atoms with van der Waals surface area (Å²) in [6.07, 6.45) is 5.73. The number of rotatable bonds is 4. The van der Waals surface area contributed by atoms with E-state index in [9.17, 15) is 0 Å². The monoisotopic (exact) mass is 236 g/mol. The van der Waals surface area contributed by atoms with Gasteiger partial charge in [0.15, 0.2) is 5.82 Å². The van der Waals surface area contributed by atoms with Crippen LogP contribution in [0.25, 0.3) is 0 Å². The molecule has 1 aromatic heterocycles. The Morgan fingerprint density at radius 3 is 2.88 bits per heavy atom. The highest BCUT2D eigenvalue weighted by Gasteiger charge is 2.29. The number of anilines is 1. The topological polar surface area (TPSA) is 52.5 Å². The van der Waals surface area contributed by atoms with Crippen LogP contribution in [-0.2, 0) is 0 Å².